The topological polar surface area (TPSA) is 102 Å². The van der Waals surface area contributed by atoms with Crippen LogP contribution in [0.3, 0.4) is 0 Å². The van der Waals surface area contributed by atoms with Crippen molar-refractivity contribution in [3.05, 3.63) is 71.3 Å². The van der Waals surface area contributed by atoms with E-state index in [1.54, 1.807) is 25.3 Å². The van der Waals surface area contributed by atoms with Gasteiger partial charge in [0.15, 0.2) is 5.82 Å². The minimum absolute atomic E-state index is 0.00447. The molecule has 0 saturated carbocycles. The van der Waals surface area contributed by atoms with Crippen LogP contribution >= 0.6 is 0 Å². The van der Waals surface area contributed by atoms with Crippen molar-refractivity contribution in [2.75, 3.05) is 33.4 Å². The second-order valence-electron chi connectivity index (χ2n) is 8.30. The number of aliphatic hydroxyl groups excluding tert-OH is 1. The molecule has 0 radical (unpaired) electrons. The summed E-state index contributed by atoms with van der Waals surface area (Å²) in [4.78, 5) is 15.1. The molecule has 3 aromatic rings. The van der Waals surface area contributed by atoms with Gasteiger partial charge in [-0.25, -0.2) is 0 Å². The summed E-state index contributed by atoms with van der Waals surface area (Å²) in [5.41, 5.74) is 1.74. The number of aromatic nitrogens is 3. The highest BCUT2D eigenvalue weighted by atomic mass is 16.5. The van der Waals surface area contributed by atoms with E-state index in [1.165, 1.54) is 5.56 Å². The van der Waals surface area contributed by atoms with Gasteiger partial charge in [-0.3, -0.25) is 9.69 Å². The van der Waals surface area contributed by atoms with Crippen LogP contribution in [0.25, 0.3) is 0 Å². The molecule has 1 aliphatic heterocycles. The zero-order valence-electron chi connectivity index (χ0n) is 19.6. The average molecular weight is 466 g/mol. The van der Waals surface area contributed by atoms with Gasteiger partial charge < -0.3 is 24.5 Å². The number of aliphatic hydroxyl groups is 1. The first-order valence-corrected chi connectivity index (χ1v) is 11.5. The molecule has 2 heterocycles. The SMILES string of the molecule is COc1cccc(C(=O)N[C@H](C)c2nnc3n2CCN(Cc2ccc(OCCO)cc2)CC3)c1. The lowest BCUT2D eigenvalue weighted by Crippen LogP contribution is -2.30. The van der Waals surface area contributed by atoms with Crippen LogP contribution in [0.1, 0.15) is 40.5 Å². The van der Waals surface area contributed by atoms with Gasteiger partial charge >= 0.3 is 0 Å². The minimum Gasteiger partial charge on any atom is -0.497 e. The highest BCUT2D eigenvalue weighted by molar-refractivity contribution is 5.94. The first-order valence-electron chi connectivity index (χ1n) is 11.5. The van der Waals surface area contributed by atoms with Crippen molar-refractivity contribution in [3.8, 4) is 11.5 Å². The Hall–Kier alpha value is -3.43. The van der Waals surface area contributed by atoms with E-state index >= 15 is 0 Å². The molecule has 9 nitrogen and oxygen atoms in total. The Morgan fingerprint density at radius 2 is 1.94 bits per heavy atom. The fourth-order valence-corrected chi connectivity index (χ4v) is 4.09. The second-order valence-corrected chi connectivity index (χ2v) is 8.30. The summed E-state index contributed by atoms with van der Waals surface area (Å²) in [6, 6.07) is 14.8. The zero-order chi connectivity index (χ0) is 23.9. The van der Waals surface area contributed by atoms with Crippen molar-refractivity contribution in [2.24, 2.45) is 0 Å². The Balaban J connectivity index is 1.36. The molecule has 1 atom stereocenters. The first-order chi connectivity index (χ1) is 16.6. The maximum Gasteiger partial charge on any atom is 0.251 e. The number of nitrogens with one attached hydrogen (secondary N) is 1. The van der Waals surface area contributed by atoms with E-state index in [4.69, 9.17) is 14.6 Å². The number of carbonyl (C=O) groups is 1. The van der Waals surface area contributed by atoms with Crippen LogP contribution in [0, 0.1) is 0 Å². The van der Waals surface area contributed by atoms with Crippen LogP contribution in [-0.2, 0) is 19.5 Å². The van der Waals surface area contributed by atoms with Crippen LogP contribution in [-0.4, -0.2) is 64.1 Å². The number of amides is 1. The highest BCUT2D eigenvalue weighted by Gasteiger charge is 2.23. The van der Waals surface area contributed by atoms with Gasteiger partial charge in [0.1, 0.15) is 23.9 Å². The van der Waals surface area contributed by atoms with Gasteiger partial charge in [0.2, 0.25) is 0 Å². The minimum atomic E-state index is -0.280. The van der Waals surface area contributed by atoms with E-state index in [9.17, 15) is 4.79 Å². The van der Waals surface area contributed by atoms with E-state index in [2.05, 4.69) is 37.1 Å². The zero-order valence-corrected chi connectivity index (χ0v) is 19.6. The van der Waals surface area contributed by atoms with E-state index in [0.717, 1.165) is 50.0 Å². The molecule has 1 aliphatic rings. The predicted molar refractivity (Wildman–Crippen MR) is 127 cm³/mol. The van der Waals surface area contributed by atoms with Crippen LogP contribution in [0.5, 0.6) is 11.5 Å². The highest BCUT2D eigenvalue weighted by Crippen LogP contribution is 2.19. The third kappa shape index (κ3) is 5.73. The number of rotatable bonds is 9. The lowest BCUT2D eigenvalue weighted by atomic mass is 10.2. The molecule has 1 aromatic heterocycles. The van der Waals surface area contributed by atoms with Crippen molar-refractivity contribution >= 4 is 5.91 Å². The summed E-state index contributed by atoms with van der Waals surface area (Å²) in [6.45, 7) is 5.56. The number of methoxy groups -OCH3 is 1. The number of benzene rings is 2. The van der Waals surface area contributed by atoms with Gasteiger partial charge in [-0.1, -0.05) is 18.2 Å². The van der Waals surface area contributed by atoms with Crippen LogP contribution < -0.4 is 14.8 Å². The number of carbonyl (C=O) groups excluding carboxylic acids is 1. The quantitative estimate of drug-likeness (QED) is 0.500. The lowest BCUT2D eigenvalue weighted by Gasteiger charge is -2.20. The summed E-state index contributed by atoms with van der Waals surface area (Å²) in [5.74, 6) is 2.93. The predicted octanol–water partition coefficient (Wildman–Crippen LogP) is 2.21. The second kappa shape index (κ2) is 11.1. The molecule has 0 saturated heterocycles. The number of nitrogens with zero attached hydrogens (tertiary/aromatic N) is 4. The first kappa shape index (κ1) is 23.7. The maximum atomic E-state index is 12.7. The Morgan fingerprint density at radius 3 is 2.71 bits per heavy atom. The van der Waals surface area contributed by atoms with Crippen LogP contribution in [0.15, 0.2) is 48.5 Å². The van der Waals surface area contributed by atoms with Crippen molar-refractivity contribution in [2.45, 2.75) is 32.5 Å². The van der Waals surface area contributed by atoms with Gasteiger partial charge in [0.05, 0.1) is 19.8 Å². The Labute approximate surface area is 199 Å². The number of hydrogen-bond acceptors (Lipinski definition) is 7. The van der Waals surface area contributed by atoms with Crippen molar-refractivity contribution in [1.29, 1.82) is 0 Å². The lowest BCUT2D eigenvalue weighted by molar-refractivity contribution is 0.0937. The van der Waals surface area contributed by atoms with Crippen molar-refractivity contribution in [3.63, 3.8) is 0 Å². The normalized spacial score (nSPS) is 14.7. The molecule has 0 spiro atoms. The smallest absolute Gasteiger partial charge is 0.251 e. The summed E-state index contributed by atoms with van der Waals surface area (Å²) in [7, 11) is 1.58. The third-order valence-electron chi connectivity index (χ3n) is 5.90. The Morgan fingerprint density at radius 1 is 1.12 bits per heavy atom. The molecule has 0 fully saturated rings. The average Bonchev–Trinajstić information content (AvgIpc) is 3.18. The fourth-order valence-electron chi connectivity index (χ4n) is 4.09. The number of fused-ring (bicyclic) bond motifs is 1. The summed E-state index contributed by atoms with van der Waals surface area (Å²) >= 11 is 0. The molecule has 0 aliphatic carbocycles. The number of ether oxygens (including phenoxy) is 2. The largest absolute Gasteiger partial charge is 0.497 e. The van der Waals surface area contributed by atoms with Crippen LogP contribution in [0.2, 0.25) is 0 Å². The van der Waals surface area contributed by atoms with Gasteiger partial charge in [-0.05, 0) is 42.8 Å². The van der Waals surface area contributed by atoms with E-state index in [0.29, 0.717) is 17.9 Å². The maximum absolute atomic E-state index is 12.7. The molecular formula is C25H31N5O4. The third-order valence-corrected chi connectivity index (χ3v) is 5.90. The van der Waals surface area contributed by atoms with E-state index < -0.39 is 0 Å². The summed E-state index contributed by atoms with van der Waals surface area (Å²) in [5, 5.41) is 20.7. The Kier molecular flexibility index (Phi) is 7.76. The molecule has 2 aromatic carbocycles. The molecule has 0 bridgehead atoms. The van der Waals surface area contributed by atoms with Gasteiger partial charge in [-0.15, -0.1) is 10.2 Å². The van der Waals surface area contributed by atoms with E-state index in [-0.39, 0.29) is 18.6 Å². The van der Waals surface area contributed by atoms with Crippen molar-refractivity contribution in [1.82, 2.24) is 25.0 Å². The molecule has 0 unspecified atom stereocenters. The molecular weight excluding hydrogens is 434 g/mol. The van der Waals surface area contributed by atoms with E-state index in [1.807, 2.05) is 25.1 Å². The number of hydrogen-bond donors (Lipinski definition) is 2. The van der Waals surface area contributed by atoms with Crippen LogP contribution in [0.4, 0.5) is 0 Å². The molecule has 4 rings (SSSR count). The monoisotopic (exact) mass is 465 g/mol. The summed E-state index contributed by atoms with van der Waals surface area (Å²) in [6.07, 6.45) is 0.793. The molecule has 180 valence electrons. The van der Waals surface area contributed by atoms with Gasteiger partial charge in [0.25, 0.3) is 5.91 Å². The molecule has 34 heavy (non-hydrogen) atoms. The van der Waals surface area contributed by atoms with Gasteiger partial charge in [-0.2, -0.15) is 0 Å². The molecule has 2 N–H and O–H groups in total. The summed E-state index contributed by atoms with van der Waals surface area (Å²) < 4.78 is 12.8. The fraction of sp³-hybridized carbons (Fsp3) is 0.400. The van der Waals surface area contributed by atoms with Gasteiger partial charge in [0, 0.05) is 38.2 Å². The molecule has 1 amide bonds. The Bertz CT molecular complexity index is 1100. The molecule has 9 heteroatoms. The standard InChI is InChI=1S/C25H31N5O4/c1-18(26-25(32)20-4-3-5-22(16-20)33-2)24-28-27-23-10-11-29(12-13-30(23)24)17-19-6-8-21(9-7-19)34-15-14-31/h3-9,16,18,31H,10-15,17H2,1-2H3,(H,26,32)/t18-/m1/s1. The van der Waals surface area contributed by atoms with Crippen molar-refractivity contribution < 1.29 is 19.4 Å².